The largest absolute Gasteiger partial charge is 0.495 e. The molecule has 2 rings (SSSR count). The van der Waals surface area contributed by atoms with Crippen molar-refractivity contribution in [2.75, 3.05) is 20.8 Å². The zero-order chi connectivity index (χ0) is 14.5. The number of ether oxygens (including phenoxy) is 2. The average Bonchev–Trinajstić information content (AvgIpc) is 2.94. The molecular formula is C15H18N2O3. The lowest BCUT2D eigenvalue weighted by Crippen LogP contribution is -2.36. The topological polar surface area (TPSA) is 62.6 Å². The number of nitrogens with zero attached hydrogens (tertiary/aromatic N) is 2. The molecule has 1 aliphatic rings. The number of carbonyl (C=O) groups is 1. The number of hydrogen-bond acceptors (Lipinski definition) is 5. The molecule has 1 saturated heterocycles. The van der Waals surface area contributed by atoms with E-state index in [-0.39, 0.29) is 12.0 Å². The van der Waals surface area contributed by atoms with Crippen molar-refractivity contribution in [2.24, 2.45) is 0 Å². The fraction of sp³-hybridized carbons (Fsp3) is 0.467. The summed E-state index contributed by atoms with van der Waals surface area (Å²) >= 11 is 0. The fourth-order valence-electron chi connectivity index (χ4n) is 2.59. The number of methoxy groups -OCH3 is 2. The second-order valence-corrected chi connectivity index (χ2v) is 4.80. The van der Waals surface area contributed by atoms with Gasteiger partial charge in [-0.3, -0.25) is 9.69 Å². The Labute approximate surface area is 118 Å². The smallest absolute Gasteiger partial charge is 0.323 e. The van der Waals surface area contributed by atoms with Crippen LogP contribution in [-0.4, -0.2) is 37.7 Å². The Morgan fingerprint density at radius 1 is 1.50 bits per heavy atom. The van der Waals surface area contributed by atoms with E-state index in [0.717, 1.165) is 24.9 Å². The summed E-state index contributed by atoms with van der Waals surface area (Å²) in [6.07, 6.45) is 1.81. The Hall–Kier alpha value is -2.06. The molecule has 1 aromatic rings. The predicted molar refractivity (Wildman–Crippen MR) is 73.2 cm³/mol. The number of esters is 1. The number of likely N-dealkylation sites (tertiary alicyclic amines) is 1. The van der Waals surface area contributed by atoms with Crippen LogP contribution in [0.15, 0.2) is 18.2 Å². The Balaban J connectivity index is 2.14. The van der Waals surface area contributed by atoms with Crippen LogP contribution in [0.4, 0.5) is 0 Å². The van der Waals surface area contributed by atoms with Crippen LogP contribution < -0.4 is 4.74 Å². The van der Waals surface area contributed by atoms with E-state index in [1.807, 2.05) is 12.1 Å². The van der Waals surface area contributed by atoms with E-state index >= 15 is 0 Å². The number of hydrogen-bond donors (Lipinski definition) is 0. The van der Waals surface area contributed by atoms with Gasteiger partial charge in [-0.25, -0.2) is 0 Å². The van der Waals surface area contributed by atoms with Crippen molar-refractivity contribution >= 4 is 5.97 Å². The van der Waals surface area contributed by atoms with Crippen LogP contribution in [0.25, 0.3) is 0 Å². The third kappa shape index (κ3) is 2.91. The molecule has 1 atom stereocenters. The molecule has 0 aromatic heterocycles. The van der Waals surface area contributed by atoms with Crippen LogP contribution in [0, 0.1) is 11.3 Å². The lowest BCUT2D eigenvalue weighted by atomic mass is 10.1. The lowest BCUT2D eigenvalue weighted by molar-refractivity contribution is -0.146. The van der Waals surface area contributed by atoms with Crippen molar-refractivity contribution < 1.29 is 14.3 Å². The average molecular weight is 274 g/mol. The van der Waals surface area contributed by atoms with E-state index in [0.29, 0.717) is 17.9 Å². The highest BCUT2D eigenvalue weighted by Crippen LogP contribution is 2.24. The van der Waals surface area contributed by atoms with Gasteiger partial charge in [-0.05, 0) is 37.1 Å². The van der Waals surface area contributed by atoms with Crippen LogP contribution in [0.3, 0.4) is 0 Å². The molecule has 1 heterocycles. The minimum atomic E-state index is -0.184. The molecule has 20 heavy (non-hydrogen) atoms. The number of benzene rings is 1. The van der Waals surface area contributed by atoms with Crippen molar-refractivity contribution in [1.82, 2.24) is 4.90 Å². The van der Waals surface area contributed by atoms with Gasteiger partial charge in [0, 0.05) is 6.54 Å². The summed E-state index contributed by atoms with van der Waals surface area (Å²) in [4.78, 5) is 13.8. The number of nitriles is 1. The lowest BCUT2D eigenvalue weighted by Gasteiger charge is -2.22. The summed E-state index contributed by atoms with van der Waals surface area (Å²) in [5.41, 5.74) is 1.51. The summed E-state index contributed by atoms with van der Waals surface area (Å²) in [6, 6.07) is 7.47. The molecule has 0 saturated carbocycles. The van der Waals surface area contributed by atoms with Crippen molar-refractivity contribution in [2.45, 2.75) is 25.4 Å². The highest BCUT2D eigenvalue weighted by molar-refractivity contribution is 5.76. The second-order valence-electron chi connectivity index (χ2n) is 4.80. The first-order chi connectivity index (χ1) is 9.69. The third-order valence-electron chi connectivity index (χ3n) is 3.61. The maximum Gasteiger partial charge on any atom is 0.323 e. The van der Waals surface area contributed by atoms with Gasteiger partial charge in [0.25, 0.3) is 0 Å². The van der Waals surface area contributed by atoms with E-state index in [1.165, 1.54) is 7.11 Å². The molecule has 1 aliphatic heterocycles. The Morgan fingerprint density at radius 2 is 2.30 bits per heavy atom. The Kier molecular flexibility index (Phi) is 4.59. The van der Waals surface area contributed by atoms with Crippen LogP contribution in [0.5, 0.6) is 5.75 Å². The molecule has 1 fully saturated rings. The maximum atomic E-state index is 11.7. The van der Waals surface area contributed by atoms with Crippen molar-refractivity contribution in [3.63, 3.8) is 0 Å². The minimum Gasteiger partial charge on any atom is -0.495 e. The standard InChI is InChI=1S/C15H18N2O3/c1-19-14-6-5-11(8-12(14)9-16)10-17-7-3-4-13(17)15(18)20-2/h5-6,8,13H,3-4,7,10H2,1-2H3. The molecule has 1 unspecified atom stereocenters. The van der Waals surface area contributed by atoms with Crippen LogP contribution in [0.1, 0.15) is 24.0 Å². The summed E-state index contributed by atoms with van der Waals surface area (Å²) in [7, 11) is 2.96. The monoisotopic (exact) mass is 274 g/mol. The maximum absolute atomic E-state index is 11.7. The molecule has 0 bridgehead atoms. The summed E-state index contributed by atoms with van der Waals surface area (Å²) in [5.74, 6) is 0.388. The molecule has 5 nitrogen and oxygen atoms in total. The molecule has 0 radical (unpaired) electrons. The van der Waals surface area contributed by atoms with Gasteiger partial charge in [-0.2, -0.15) is 5.26 Å². The Morgan fingerprint density at radius 3 is 2.95 bits per heavy atom. The fourth-order valence-corrected chi connectivity index (χ4v) is 2.59. The van der Waals surface area contributed by atoms with Gasteiger partial charge in [-0.1, -0.05) is 6.07 Å². The van der Waals surface area contributed by atoms with E-state index in [9.17, 15) is 4.79 Å². The van der Waals surface area contributed by atoms with Crippen LogP contribution >= 0.6 is 0 Å². The summed E-state index contributed by atoms with van der Waals surface area (Å²) in [6.45, 7) is 1.51. The van der Waals surface area contributed by atoms with E-state index in [1.54, 1.807) is 13.2 Å². The molecular weight excluding hydrogens is 256 g/mol. The van der Waals surface area contributed by atoms with E-state index in [2.05, 4.69) is 11.0 Å². The van der Waals surface area contributed by atoms with Gasteiger partial charge in [0.15, 0.2) is 0 Å². The van der Waals surface area contributed by atoms with Gasteiger partial charge in [0.2, 0.25) is 0 Å². The van der Waals surface area contributed by atoms with Crippen molar-refractivity contribution in [1.29, 1.82) is 5.26 Å². The molecule has 5 heteroatoms. The third-order valence-corrected chi connectivity index (χ3v) is 3.61. The molecule has 0 amide bonds. The number of carbonyl (C=O) groups excluding carboxylic acids is 1. The molecule has 1 aromatic carbocycles. The zero-order valence-electron chi connectivity index (χ0n) is 11.8. The first kappa shape index (κ1) is 14.4. The molecule has 0 aliphatic carbocycles. The highest BCUT2D eigenvalue weighted by atomic mass is 16.5. The highest BCUT2D eigenvalue weighted by Gasteiger charge is 2.31. The van der Waals surface area contributed by atoms with E-state index < -0.39 is 0 Å². The second kappa shape index (κ2) is 6.40. The molecule has 106 valence electrons. The molecule has 0 spiro atoms. The number of rotatable bonds is 4. The van der Waals surface area contributed by atoms with Gasteiger partial charge < -0.3 is 9.47 Å². The van der Waals surface area contributed by atoms with E-state index in [4.69, 9.17) is 14.7 Å². The SMILES string of the molecule is COC(=O)C1CCCN1Cc1ccc(OC)c(C#N)c1. The molecule has 0 N–H and O–H groups in total. The minimum absolute atomic E-state index is 0.173. The van der Waals surface area contributed by atoms with Gasteiger partial charge in [0.1, 0.15) is 17.9 Å². The van der Waals surface area contributed by atoms with Crippen LogP contribution in [0.2, 0.25) is 0 Å². The zero-order valence-corrected chi connectivity index (χ0v) is 11.8. The first-order valence-corrected chi connectivity index (χ1v) is 6.58. The summed E-state index contributed by atoms with van der Waals surface area (Å²) < 4.78 is 9.96. The van der Waals surface area contributed by atoms with Crippen molar-refractivity contribution in [3.8, 4) is 11.8 Å². The Bertz CT molecular complexity index is 536. The predicted octanol–water partition coefficient (Wildman–Crippen LogP) is 1.70. The quantitative estimate of drug-likeness (QED) is 0.782. The summed E-state index contributed by atoms with van der Waals surface area (Å²) in [5, 5.41) is 9.10. The van der Waals surface area contributed by atoms with Crippen LogP contribution in [-0.2, 0) is 16.1 Å². The van der Waals surface area contributed by atoms with Crippen molar-refractivity contribution in [3.05, 3.63) is 29.3 Å². The normalized spacial score (nSPS) is 18.6. The van der Waals surface area contributed by atoms with Gasteiger partial charge in [-0.15, -0.1) is 0 Å². The van der Waals surface area contributed by atoms with Gasteiger partial charge in [0.05, 0.1) is 19.8 Å². The van der Waals surface area contributed by atoms with Gasteiger partial charge >= 0.3 is 5.97 Å². The first-order valence-electron chi connectivity index (χ1n) is 6.58.